The van der Waals surface area contributed by atoms with E-state index in [0.717, 1.165) is 0 Å². The second-order valence-electron chi connectivity index (χ2n) is 4.97. The Bertz CT molecular complexity index is 610. The SMILES string of the molecule is CCOC(=O)[C@H]1CSC(c2nccc(OCCOCCOC)c2O)=N1. The van der Waals surface area contributed by atoms with Gasteiger partial charge in [0.05, 0.1) is 26.4 Å². The number of ether oxygens (including phenoxy) is 4. The van der Waals surface area contributed by atoms with E-state index < -0.39 is 6.04 Å². The molecule has 0 saturated carbocycles. The summed E-state index contributed by atoms with van der Waals surface area (Å²) in [7, 11) is 1.60. The maximum absolute atomic E-state index is 11.8. The van der Waals surface area contributed by atoms with Gasteiger partial charge in [0.2, 0.25) is 0 Å². The molecule has 0 aromatic carbocycles. The van der Waals surface area contributed by atoms with Gasteiger partial charge in [-0.3, -0.25) is 4.99 Å². The third kappa shape index (κ3) is 5.58. The first kappa shape index (κ1) is 19.5. The van der Waals surface area contributed by atoms with Crippen LogP contribution in [0.25, 0.3) is 0 Å². The Kier molecular flexibility index (Phi) is 7.96. The number of hydrogen-bond acceptors (Lipinski definition) is 9. The number of aromatic nitrogens is 1. The van der Waals surface area contributed by atoms with Gasteiger partial charge in [-0.2, -0.15) is 0 Å². The number of hydrogen-bond donors (Lipinski definition) is 1. The molecule has 0 saturated heterocycles. The summed E-state index contributed by atoms with van der Waals surface area (Å²) in [5, 5.41) is 10.9. The van der Waals surface area contributed by atoms with E-state index in [9.17, 15) is 9.90 Å². The van der Waals surface area contributed by atoms with E-state index in [2.05, 4.69) is 9.98 Å². The molecule has 138 valence electrons. The first-order valence-electron chi connectivity index (χ1n) is 7.92. The summed E-state index contributed by atoms with van der Waals surface area (Å²) >= 11 is 1.35. The van der Waals surface area contributed by atoms with Crippen LogP contribution in [0.1, 0.15) is 12.6 Å². The zero-order chi connectivity index (χ0) is 18.1. The molecule has 0 amide bonds. The summed E-state index contributed by atoms with van der Waals surface area (Å²) in [6.07, 6.45) is 1.52. The number of pyridine rings is 1. The highest BCUT2D eigenvalue weighted by atomic mass is 32.2. The molecule has 1 N–H and O–H groups in total. The van der Waals surface area contributed by atoms with Gasteiger partial charge in [-0.1, -0.05) is 0 Å². The van der Waals surface area contributed by atoms with Gasteiger partial charge >= 0.3 is 5.97 Å². The molecule has 2 rings (SSSR count). The van der Waals surface area contributed by atoms with Crippen molar-refractivity contribution in [1.29, 1.82) is 0 Å². The Balaban J connectivity index is 1.96. The number of aromatic hydroxyl groups is 1. The highest BCUT2D eigenvalue weighted by Gasteiger charge is 2.29. The van der Waals surface area contributed by atoms with Crippen molar-refractivity contribution >= 4 is 22.8 Å². The van der Waals surface area contributed by atoms with E-state index in [1.54, 1.807) is 20.1 Å². The highest BCUT2D eigenvalue weighted by molar-refractivity contribution is 8.14. The molecular formula is C16H22N2O6S. The number of thioether (sulfide) groups is 1. The number of esters is 1. The average molecular weight is 370 g/mol. The molecule has 9 heteroatoms. The smallest absolute Gasteiger partial charge is 0.331 e. The summed E-state index contributed by atoms with van der Waals surface area (Å²) in [6.45, 7) is 3.72. The zero-order valence-electron chi connectivity index (χ0n) is 14.3. The molecule has 1 aliphatic rings. The number of rotatable bonds is 10. The maximum Gasteiger partial charge on any atom is 0.331 e. The molecule has 0 fully saturated rings. The standard InChI is InChI=1S/C16H22N2O6S/c1-3-23-16(20)11-10-25-15(18-11)13-14(19)12(4-5-17-13)24-9-8-22-7-6-21-2/h4-5,11,19H,3,6-10H2,1-2H3/t11-/m1/s1. The van der Waals surface area contributed by atoms with Gasteiger partial charge in [-0.15, -0.1) is 11.8 Å². The molecule has 25 heavy (non-hydrogen) atoms. The summed E-state index contributed by atoms with van der Waals surface area (Å²) in [5.74, 6) is 0.289. The van der Waals surface area contributed by atoms with Crippen LogP contribution in [-0.2, 0) is 19.0 Å². The quantitative estimate of drug-likeness (QED) is 0.485. The number of carbonyl (C=O) groups is 1. The van der Waals surface area contributed by atoms with Crippen LogP contribution in [0.15, 0.2) is 17.3 Å². The molecule has 0 radical (unpaired) electrons. The fraction of sp³-hybridized carbons (Fsp3) is 0.562. The van der Waals surface area contributed by atoms with Gasteiger partial charge in [0.25, 0.3) is 0 Å². The van der Waals surface area contributed by atoms with Crippen molar-refractivity contribution in [1.82, 2.24) is 4.98 Å². The molecule has 8 nitrogen and oxygen atoms in total. The van der Waals surface area contributed by atoms with Gasteiger partial charge < -0.3 is 24.1 Å². The normalized spacial score (nSPS) is 16.6. The van der Waals surface area contributed by atoms with Crippen molar-refractivity contribution in [3.63, 3.8) is 0 Å². The number of aliphatic imine (C=N–C) groups is 1. The Hall–Kier alpha value is -1.84. The number of nitrogens with zero attached hydrogens (tertiary/aromatic N) is 2. The minimum atomic E-state index is -0.570. The molecule has 2 heterocycles. The average Bonchev–Trinajstić information content (AvgIpc) is 3.09. The van der Waals surface area contributed by atoms with E-state index in [1.807, 2.05) is 0 Å². The lowest BCUT2D eigenvalue weighted by Crippen LogP contribution is -2.21. The van der Waals surface area contributed by atoms with Crippen molar-refractivity contribution < 1.29 is 28.8 Å². The number of methoxy groups -OCH3 is 1. The van der Waals surface area contributed by atoms with Gasteiger partial charge in [0.1, 0.15) is 17.3 Å². The zero-order valence-corrected chi connectivity index (χ0v) is 15.1. The minimum Gasteiger partial charge on any atom is -0.503 e. The molecular weight excluding hydrogens is 348 g/mol. The van der Waals surface area contributed by atoms with E-state index >= 15 is 0 Å². The Morgan fingerprint density at radius 1 is 1.36 bits per heavy atom. The van der Waals surface area contributed by atoms with Crippen LogP contribution >= 0.6 is 11.8 Å². The Morgan fingerprint density at radius 3 is 2.92 bits per heavy atom. The lowest BCUT2D eigenvalue weighted by atomic mass is 10.3. The molecule has 1 aromatic rings. The van der Waals surface area contributed by atoms with Crippen LogP contribution in [0.4, 0.5) is 0 Å². The van der Waals surface area contributed by atoms with Crippen LogP contribution in [-0.4, -0.2) is 73.0 Å². The van der Waals surface area contributed by atoms with Gasteiger partial charge in [-0.25, -0.2) is 9.78 Å². The third-order valence-corrected chi connectivity index (χ3v) is 4.27. The van der Waals surface area contributed by atoms with Crippen LogP contribution < -0.4 is 4.74 Å². The molecule has 1 aromatic heterocycles. The van der Waals surface area contributed by atoms with E-state index in [4.69, 9.17) is 18.9 Å². The monoisotopic (exact) mass is 370 g/mol. The summed E-state index contributed by atoms with van der Waals surface area (Å²) in [5.41, 5.74) is 0.301. The predicted octanol–water partition coefficient (Wildman–Crippen LogP) is 1.25. The molecule has 1 aliphatic heterocycles. The Morgan fingerprint density at radius 2 is 2.16 bits per heavy atom. The third-order valence-electron chi connectivity index (χ3n) is 3.22. The van der Waals surface area contributed by atoms with Gasteiger partial charge in [-0.05, 0) is 6.92 Å². The van der Waals surface area contributed by atoms with Crippen LogP contribution in [0, 0.1) is 0 Å². The number of carbonyl (C=O) groups excluding carboxylic acids is 1. The molecule has 0 bridgehead atoms. The fourth-order valence-corrected chi connectivity index (χ4v) is 3.04. The van der Waals surface area contributed by atoms with Crippen LogP contribution in [0.3, 0.4) is 0 Å². The molecule has 0 spiro atoms. The first-order chi connectivity index (χ1) is 12.2. The van der Waals surface area contributed by atoms with Crippen molar-refractivity contribution in [3.05, 3.63) is 18.0 Å². The second-order valence-corrected chi connectivity index (χ2v) is 5.98. The summed E-state index contributed by atoms with van der Waals surface area (Å²) < 4.78 is 20.7. The van der Waals surface area contributed by atoms with E-state index in [0.29, 0.717) is 48.7 Å². The maximum atomic E-state index is 11.8. The predicted molar refractivity (Wildman–Crippen MR) is 93.5 cm³/mol. The first-order valence-corrected chi connectivity index (χ1v) is 8.91. The van der Waals surface area contributed by atoms with Gasteiger partial charge in [0, 0.05) is 25.1 Å². The molecule has 0 unspecified atom stereocenters. The summed E-state index contributed by atoms with van der Waals surface area (Å²) in [4.78, 5) is 20.2. The lowest BCUT2D eigenvalue weighted by Gasteiger charge is -2.10. The van der Waals surface area contributed by atoms with Crippen molar-refractivity contribution in [3.8, 4) is 11.5 Å². The van der Waals surface area contributed by atoms with Gasteiger partial charge in [0.15, 0.2) is 17.5 Å². The van der Waals surface area contributed by atoms with E-state index in [1.165, 1.54) is 18.0 Å². The summed E-state index contributed by atoms with van der Waals surface area (Å²) in [6, 6.07) is 0.997. The fourth-order valence-electron chi connectivity index (χ4n) is 2.03. The molecule has 1 atom stereocenters. The highest BCUT2D eigenvalue weighted by Crippen LogP contribution is 2.33. The van der Waals surface area contributed by atoms with Crippen molar-refractivity contribution in [2.75, 3.05) is 45.9 Å². The van der Waals surface area contributed by atoms with Crippen molar-refractivity contribution in [2.45, 2.75) is 13.0 Å². The minimum absolute atomic E-state index is 0.102. The second kappa shape index (κ2) is 10.2. The lowest BCUT2D eigenvalue weighted by molar-refractivity contribution is -0.143. The topological polar surface area (TPSA) is 99.5 Å². The van der Waals surface area contributed by atoms with E-state index in [-0.39, 0.29) is 18.3 Å². The van der Waals surface area contributed by atoms with Crippen LogP contribution in [0.5, 0.6) is 11.5 Å². The largest absolute Gasteiger partial charge is 0.503 e. The Labute approximate surface area is 150 Å². The van der Waals surface area contributed by atoms with Crippen LogP contribution in [0.2, 0.25) is 0 Å². The molecule has 0 aliphatic carbocycles. The van der Waals surface area contributed by atoms with Crippen molar-refractivity contribution in [2.24, 2.45) is 4.99 Å².